The molecule has 2 aromatic carbocycles. The van der Waals surface area contributed by atoms with Gasteiger partial charge in [0.25, 0.3) is 0 Å². The summed E-state index contributed by atoms with van der Waals surface area (Å²) in [6, 6.07) is 9.28. The molecule has 0 bridgehead atoms. The molecule has 27 heavy (non-hydrogen) atoms. The van der Waals surface area contributed by atoms with E-state index >= 15 is 0 Å². The van der Waals surface area contributed by atoms with Crippen LogP contribution >= 0.6 is 23.2 Å². The SMILES string of the molecule is O=C(Cc1ccc(Cl)c(Cl)c1)NC1CCN(Cc2ccc(F)c(F)c2)CC1. The van der Waals surface area contributed by atoms with E-state index in [9.17, 15) is 13.6 Å². The van der Waals surface area contributed by atoms with Gasteiger partial charge < -0.3 is 5.32 Å². The van der Waals surface area contributed by atoms with Gasteiger partial charge in [0.15, 0.2) is 11.6 Å². The van der Waals surface area contributed by atoms with Gasteiger partial charge in [-0.3, -0.25) is 9.69 Å². The molecule has 1 amide bonds. The number of piperidine rings is 1. The van der Waals surface area contributed by atoms with Crippen molar-refractivity contribution >= 4 is 29.1 Å². The fourth-order valence-electron chi connectivity index (χ4n) is 3.25. The number of halogens is 4. The molecular formula is C20H20Cl2F2N2O. The van der Waals surface area contributed by atoms with Crippen molar-refractivity contribution in [3.05, 3.63) is 69.2 Å². The number of benzene rings is 2. The number of nitrogens with one attached hydrogen (secondary N) is 1. The van der Waals surface area contributed by atoms with Crippen LogP contribution in [0.2, 0.25) is 10.0 Å². The van der Waals surface area contributed by atoms with Crippen LogP contribution in [0.3, 0.4) is 0 Å². The molecule has 0 aliphatic carbocycles. The average molecular weight is 413 g/mol. The first kappa shape index (κ1) is 20.1. The maximum atomic E-state index is 13.3. The van der Waals surface area contributed by atoms with Gasteiger partial charge in [0.05, 0.1) is 16.5 Å². The molecular weight excluding hydrogens is 393 g/mol. The normalized spacial score (nSPS) is 15.7. The molecule has 0 unspecified atom stereocenters. The Bertz CT molecular complexity index is 824. The Labute approximate surface area is 167 Å². The van der Waals surface area contributed by atoms with Crippen molar-refractivity contribution in [1.29, 1.82) is 0 Å². The van der Waals surface area contributed by atoms with Crippen molar-refractivity contribution in [2.24, 2.45) is 0 Å². The van der Waals surface area contributed by atoms with E-state index in [-0.39, 0.29) is 18.4 Å². The second-order valence-corrected chi connectivity index (χ2v) is 7.61. The zero-order valence-corrected chi connectivity index (χ0v) is 16.2. The van der Waals surface area contributed by atoms with Crippen LogP contribution < -0.4 is 5.32 Å². The Kier molecular flexibility index (Phi) is 6.68. The van der Waals surface area contributed by atoms with Gasteiger partial charge >= 0.3 is 0 Å². The molecule has 0 radical (unpaired) electrons. The fraction of sp³-hybridized carbons (Fsp3) is 0.350. The molecule has 2 aromatic rings. The van der Waals surface area contributed by atoms with Crippen molar-refractivity contribution < 1.29 is 13.6 Å². The molecule has 0 aromatic heterocycles. The Hall–Kier alpha value is -1.69. The number of carbonyl (C=O) groups excluding carboxylic acids is 1. The van der Waals surface area contributed by atoms with Crippen molar-refractivity contribution in [2.45, 2.75) is 31.8 Å². The highest BCUT2D eigenvalue weighted by molar-refractivity contribution is 6.42. The standard InChI is InChI=1S/C20H20Cl2F2N2O/c21-16-3-1-13(9-17(16)22)11-20(27)25-15-5-7-26(8-6-15)12-14-2-4-18(23)19(24)10-14/h1-4,9-10,15H,5-8,11-12H2,(H,25,27). The monoisotopic (exact) mass is 412 g/mol. The minimum Gasteiger partial charge on any atom is -0.353 e. The summed E-state index contributed by atoms with van der Waals surface area (Å²) < 4.78 is 26.3. The molecule has 1 saturated heterocycles. The molecule has 1 fully saturated rings. The lowest BCUT2D eigenvalue weighted by molar-refractivity contribution is -0.121. The maximum absolute atomic E-state index is 13.3. The van der Waals surface area contributed by atoms with Crippen LogP contribution in [0, 0.1) is 11.6 Å². The van der Waals surface area contributed by atoms with Crippen LogP contribution in [-0.2, 0) is 17.8 Å². The lowest BCUT2D eigenvalue weighted by Crippen LogP contribution is -2.44. The summed E-state index contributed by atoms with van der Waals surface area (Å²) in [4.78, 5) is 14.4. The molecule has 1 aliphatic heterocycles. The third-order valence-electron chi connectivity index (χ3n) is 4.69. The molecule has 1 aliphatic rings. The number of rotatable bonds is 5. The topological polar surface area (TPSA) is 32.3 Å². The number of carbonyl (C=O) groups is 1. The molecule has 3 nitrogen and oxygen atoms in total. The molecule has 7 heteroatoms. The molecule has 144 valence electrons. The van der Waals surface area contributed by atoms with Crippen LogP contribution in [0.25, 0.3) is 0 Å². The highest BCUT2D eigenvalue weighted by Crippen LogP contribution is 2.23. The van der Waals surface area contributed by atoms with Gasteiger partial charge in [-0.05, 0) is 48.2 Å². The van der Waals surface area contributed by atoms with E-state index in [1.54, 1.807) is 24.3 Å². The quantitative estimate of drug-likeness (QED) is 0.778. The zero-order chi connectivity index (χ0) is 19.4. The second kappa shape index (κ2) is 9.00. The van der Waals surface area contributed by atoms with Gasteiger partial charge in [-0.2, -0.15) is 0 Å². The van der Waals surface area contributed by atoms with E-state index in [1.165, 1.54) is 6.07 Å². The maximum Gasteiger partial charge on any atom is 0.224 e. The number of likely N-dealkylation sites (tertiary alicyclic amines) is 1. The molecule has 1 N–H and O–H groups in total. The average Bonchev–Trinajstić information content (AvgIpc) is 2.63. The fourth-order valence-corrected chi connectivity index (χ4v) is 3.57. The van der Waals surface area contributed by atoms with Gasteiger partial charge in [-0.15, -0.1) is 0 Å². The highest BCUT2D eigenvalue weighted by Gasteiger charge is 2.21. The number of hydrogen-bond donors (Lipinski definition) is 1. The van der Waals surface area contributed by atoms with Crippen molar-refractivity contribution in [3.8, 4) is 0 Å². The second-order valence-electron chi connectivity index (χ2n) is 6.79. The predicted molar refractivity (Wildman–Crippen MR) is 103 cm³/mol. The van der Waals surface area contributed by atoms with E-state index in [0.717, 1.165) is 43.1 Å². The molecule has 0 atom stereocenters. The van der Waals surface area contributed by atoms with E-state index in [4.69, 9.17) is 23.2 Å². The van der Waals surface area contributed by atoms with E-state index in [1.807, 2.05) is 0 Å². The number of hydrogen-bond acceptors (Lipinski definition) is 2. The van der Waals surface area contributed by atoms with E-state index in [2.05, 4.69) is 10.2 Å². The van der Waals surface area contributed by atoms with Gasteiger partial charge in [0.2, 0.25) is 5.91 Å². The first-order valence-electron chi connectivity index (χ1n) is 8.80. The summed E-state index contributed by atoms with van der Waals surface area (Å²) in [6.45, 7) is 2.15. The summed E-state index contributed by atoms with van der Waals surface area (Å²) in [7, 11) is 0. The van der Waals surface area contributed by atoms with Crippen LogP contribution in [-0.4, -0.2) is 29.9 Å². The number of nitrogens with zero attached hydrogens (tertiary/aromatic N) is 1. The molecule has 0 spiro atoms. The lowest BCUT2D eigenvalue weighted by atomic mass is 10.0. The third kappa shape index (κ3) is 5.64. The summed E-state index contributed by atoms with van der Waals surface area (Å²) in [5.74, 6) is -1.70. The first-order chi connectivity index (χ1) is 12.9. The van der Waals surface area contributed by atoms with Gasteiger partial charge in [0, 0.05) is 25.7 Å². The third-order valence-corrected chi connectivity index (χ3v) is 5.43. The Morgan fingerprint density at radius 2 is 1.70 bits per heavy atom. The minimum absolute atomic E-state index is 0.0487. The summed E-state index contributed by atoms with van der Waals surface area (Å²) in [6.07, 6.45) is 1.89. The van der Waals surface area contributed by atoms with Crippen molar-refractivity contribution in [1.82, 2.24) is 10.2 Å². The van der Waals surface area contributed by atoms with Gasteiger partial charge in [-0.1, -0.05) is 35.3 Å². The first-order valence-corrected chi connectivity index (χ1v) is 9.56. The predicted octanol–water partition coefficient (Wildman–Crippen LogP) is 4.59. The van der Waals surface area contributed by atoms with Gasteiger partial charge in [-0.25, -0.2) is 8.78 Å². The Balaban J connectivity index is 1.45. The summed E-state index contributed by atoms with van der Waals surface area (Å²) in [5, 5.41) is 3.96. The highest BCUT2D eigenvalue weighted by atomic mass is 35.5. The minimum atomic E-state index is -0.831. The van der Waals surface area contributed by atoms with Crippen LogP contribution in [0.4, 0.5) is 8.78 Å². The molecule has 1 heterocycles. The van der Waals surface area contributed by atoms with Gasteiger partial charge in [0.1, 0.15) is 0 Å². The summed E-state index contributed by atoms with van der Waals surface area (Å²) in [5.41, 5.74) is 1.56. The molecule has 0 saturated carbocycles. The van der Waals surface area contributed by atoms with Crippen LogP contribution in [0.15, 0.2) is 36.4 Å². The van der Waals surface area contributed by atoms with E-state index < -0.39 is 11.6 Å². The Morgan fingerprint density at radius 3 is 2.37 bits per heavy atom. The lowest BCUT2D eigenvalue weighted by Gasteiger charge is -2.32. The smallest absolute Gasteiger partial charge is 0.224 e. The van der Waals surface area contributed by atoms with E-state index in [0.29, 0.717) is 16.6 Å². The zero-order valence-electron chi connectivity index (χ0n) is 14.7. The largest absolute Gasteiger partial charge is 0.353 e. The van der Waals surface area contributed by atoms with Crippen molar-refractivity contribution in [2.75, 3.05) is 13.1 Å². The van der Waals surface area contributed by atoms with Crippen LogP contribution in [0.1, 0.15) is 24.0 Å². The van der Waals surface area contributed by atoms with Crippen LogP contribution in [0.5, 0.6) is 0 Å². The van der Waals surface area contributed by atoms with Crippen molar-refractivity contribution in [3.63, 3.8) is 0 Å². The number of amides is 1. The summed E-state index contributed by atoms with van der Waals surface area (Å²) >= 11 is 11.9. The Morgan fingerprint density at radius 1 is 1.00 bits per heavy atom. The molecule has 3 rings (SSSR count).